The van der Waals surface area contributed by atoms with Crippen LogP contribution in [0.4, 0.5) is 0 Å². The van der Waals surface area contributed by atoms with Crippen LogP contribution >= 0.6 is 0 Å². The van der Waals surface area contributed by atoms with Gasteiger partial charge in [-0.15, -0.1) is 0 Å². The Labute approximate surface area is 210 Å². The van der Waals surface area contributed by atoms with Gasteiger partial charge in [-0.25, -0.2) is 9.97 Å². The molecule has 5 aromatic rings. The number of nitrogens with one attached hydrogen (secondary N) is 2. The summed E-state index contributed by atoms with van der Waals surface area (Å²) in [7, 11) is 4.11. The summed E-state index contributed by atoms with van der Waals surface area (Å²) in [5.74, 6) is 0. The SMILES string of the molecule is C/C=C\C=C(/c1cc(-c2[nH]nc3ncc(-c4cncc(CN(C)C)c4)cc23)[nH]c1C)n1cnc(C)c1. The number of imidazole rings is 1. The lowest BCUT2D eigenvalue weighted by Crippen LogP contribution is -2.10. The maximum atomic E-state index is 4.62. The van der Waals surface area contributed by atoms with Crippen LogP contribution in [-0.2, 0) is 6.54 Å². The van der Waals surface area contributed by atoms with Gasteiger partial charge in [0.25, 0.3) is 0 Å². The molecule has 0 spiro atoms. The molecule has 5 heterocycles. The smallest absolute Gasteiger partial charge is 0.181 e. The topological polar surface area (TPSA) is 91.3 Å². The van der Waals surface area contributed by atoms with Crippen molar-refractivity contribution in [3.63, 3.8) is 0 Å². The Balaban J connectivity index is 1.57. The van der Waals surface area contributed by atoms with Crippen LogP contribution < -0.4 is 0 Å². The van der Waals surface area contributed by atoms with Crippen molar-refractivity contribution in [3.05, 3.63) is 90.1 Å². The fourth-order valence-electron chi connectivity index (χ4n) is 4.37. The molecule has 0 saturated carbocycles. The highest BCUT2D eigenvalue weighted by Gasteiger charge is 2.17. The van der Waals surface area contributed by atoms with Crippen molar-refractivity contribution >= 4 is 16.7 Å². The molecule has 0 aliphatic rings. The molecule has 0 aromatic carbocycles. The largest absolute Gasteiger partial charge is 0.357 e. The molecule has 36 heavy (non-hydrogen) atoms. The van der Waals surface area contributed by atoms with Gasteiger partial charge in [0.15, 0.2) is 5.65 Å². The molecule has 0 bridgehead atoms. The van der Waals surface area contributed by atoms with E-state index in [1.165, 1.54) is 0 Å². The van der Waals surface area contributed by atoms with E-state index in [4.69, 9.17) is 0 Å². The van der Waals surface area contributed by atoms with E-state index in [1.54, 1.807) is 0 Å². The molecule has 2 N–H and O–H groups in total. The van der Waals surface area contributed by atoms with Gasteiger partial charge in [-0.3, -0.25) is 10.1 Å². The van der Waals surface area contributed by atoms with Crippen LogP contribution in [0.5, 0.6) is 0 Å². The molecule has 0 aliphatic carbocycles. The van der Waals surface area contributed by atoms with Gasteiger partial charge in [-0.1, -0.05) is 12.2 Å². The second-order valence-electron chi connectivity index (χ2n) is 9.24. The van der Waals surface area contributed by atoms with Gasteiger partial charge in [0, 0.05) is 59.1 Å². The molecule has 0 unspecified atom stereocenters. The van der Waals surface area contributed by atoms with E-state index in [0.29, 0.717) is 5.65 Å². The van der Waals surface area contributed by atoms with E-state index in [1.807, 2.05) is 61.7 Å². The van der Waals surface area contributed by atoms with E-state index < -0.39 is 0 Å². The normalized spacial score (nSPS) is 12.4. The summed E-state index contributed by atoms with van der Waals surface area (Å²) in [4.78, 5) is 19.2. The highest BCUT2D eigenvalue weighted by atomic mass is 15.2. The van der Waals surface area contributed by atoms with Crippen LogP contribution in [0.15, 0.2) is 67.5 Å². The number of hydrogen-bond acceptors (Lipinski definition) is 5. The quantitative estimate of drug-likeness (QED) is 0.308. The van der Waals surface area contributed by atoms with Gasteiger partial charge in [0.1, 0.15) is 0 Å². The van der Waals surface area contributed by atoms with Crippen molar-refractivity contribution in [3.8, 4) is 22.5 Å². The Hall–Kier alpha value is -4.30. The third kappa shape index (κ3) is 4.63. The number of pyridine rings is 2. The lowest BCUT2D eigenvalue weighted by molar-refractivity contribution is 0.402. The second kappa shape index (κ2) is 9.75. The average Bonchev–Trinajstić information content (AvgIpc) is 3.57. The van der Waals surface area contributed by atoms with Crippen LogP contribution in [0.25, 0.3) is 39.2 Å². The monoisotopic (exact) mass is 478 g/mol. The van der Waals surface area contributed by atoms with E-state index >= 15 is 0 Å². The molecule has 0 aliphatic heterocycles. The zero-order valence-corrected chi connectivity index (χ0v) is 21.2. The third-order valence-electron chi connectivity index (χ3n) is 6.03. The second-order valence-corrected chi connectivity index (χ2v) is 9.24. The molecule has 0 atom stereocenters. The van der Waals surface area contributed by atoms with Gasteiger partial charge in [0.2, 0.25) is 0 Å². The van der Waals surface area contributed by atoms with Gasteiger partial charge in [-0.2, -0.15) is 5.10 Å². The number of rotatable bonds is 7. The van der Waals surface area contributed by atoms with E-state index in [0.717, 1.165) is 62.7 Å². The summed E-state index contributed by atoms with van der Waals surface area (Å²) in [6, 6.07) is 6.44. The van der Waals surface area contributed by atoms with E-state index in [9.17, 15) is 0 Å². The third-order valence-corrected chi connectivity index (χ3v) is 6.03. The Morgan fingerprint density at radius 1 is 1.06 bits per heavy atom. The Morgan fingerprint density at radius 3 is 2.64 bits per heavy atom. The van der Waals surface area contributed by atoms with Gasteiger partial charge < -0.3 is 14.5 Å². The van der Waals surface area contributed by atoms with Gasteiger partial charge in [0.05, 0.1) is 29.1 Å². The number of aromatic nitrogens is 7. The summed E-state index contributed by atoms with van der Waals surface area (Å²) in [5, 5.41) is 8.61. The average molecular weight is 479 g/mol. The fraction of sp³-hybridized carbons (Fsp3) is 0.214. The number of aryl methyl sites for hydroxylation is 2. The predicted octanol–water partition coefficient (Wildman–Crippen LogP) is 5.36. The lowest BCUT2D eigenvalue weighted by atomic mass is 10.1. The Morgan fingerprint density at radius 2 is 1.89 bits per heavy atom. The number of aromatic amines is 2. The molecular weight excluding hydrogens is 448 g/mol. The minimum absolute atomic E-state index is 0.676. The molecule has 182 valence electrons. The maximum absolute atomic E-state index is 4.62. The minimum atomic E-state index is 0.676. The first-order valence-corrected chi connectivity index (χ1v) is 11.9. The summed E-state index contributed by atoms with van der Waals surface area (Å²) in [6.07, 6.45) is 15.7. The summed E-state index contributed by atoms with van der Waals surface area (Å²) < 4.78 is 2.05. The number of allylic oxidation sites excluding steroid dienone is 3. The summed E-state index contributed by atoms with van der Waals surface area (Å²) in [6.45, 7) is 6.91. The van der Waals surface area contributed by atoms with E-state index in [2.05, 4.69) is 80.3 Å². The maximum Gasteiger partial charge on any atom is 0.181 e. The zero-order valence-electron chi connectivity index (χ0n) is 21.2. The highest BCUT2D eigenvalue weighted by molar-refractivity contribution is 5.93. The van der Waals surface area contributed by atoms with Crippen LogP contribution in [0.3, 0.4) is 0 Å². The van der Waals surface area contributed by atoms with Crippen molar-refractivity contribution in [2.75, 3.05) is 14.1 Å². The Kier molecular flexibility index (Phi) is 6.35. The molecular formula is C28H30N8. The molecule has 0 saturated heterocycles. The van der Waals surface area contributed by atoms with Crippen LogP contribution in [0, 0.1) is 13.8 Å². The van der Waals surface area contributed by atoms with Gasteiger partial charge >= 0.3 is 0 Å². The standard InChI is InChI=1S/C28H30N8/c1-6-7-8-26(36-15-18(2)31-17-36)23-11-25(32-19(23)3)27-24-10-22(14-30-28(24)34-33-27)21-9-20(12-29-13-21)16-35(4)5/h6-15,17,32H,16H2,1-5H3,(H,30,33,34)/b7-6-,26-8+. The summed E-state index contributed by atoms with van der Waals surface area (Å²) in [5.41, 5.74) is 9.88. The van der Waals surface area contributed by atoms with Crippen LogP contribution in [0.2, 0.25) is 0 Å². The molecule has 0 radical (unpaired) electrons. The highest BCUT2D eigenvalue weighted by Crippen LogP contribution is 2.32. The molecule has 0 fully saturated rings. The number of H-pyrrole nitrogens is 2. The Bertz CT molecular complexity index is 1580. The number of hydrogen-bond donors (Lipinski definition) is 2. The van der Waals surface area contributed by atoms with Crippen LogP contribution in [-0.4, -0.2) is 53.7 Å². The zero-order chi connectivity index (χ0) is 25.2. The van der Waals surface area contributed by atoms with Crippen molar-refractivity contribution in [2.24, 2.45) is 0 Å². The van der Waals surface area contributed by atoms with E-state index in [-0.39, 0.29) is 0 Å². The molecule has 0 amide bonds. The minimum Gasteiger partial charge on any atom is -0.357 e. The molecule has 8 nitrogen and oxygen atoms in total. The first-order chi connectivity index (χ1) is 17.4. The molecule has 8 heteroatoms. The molecule has 5 rings (SSSR count). The van der Waals surface area contributed by atoms with Crippen LogP contribution in [0.1, 0.15) is 29.4 Å². The fourth-order valence-corrected chi connectivity index (χ4v) is 4.37. The molecule has 5 aromatic heterocycles. The first-order valence-electron chi connectivity index (χ1n) is 11.9. The summed E-state index contributed by atoms with van der Waals surface area (Å²) >= 11 is 0. The number of fused-ring (bicyclic) bond motifs is 1. The number of nitrogens with zero attached hydrogens (tertiary/aromatic N) is 6. The van der Waals surface area contributed by atoms with Crippen molar-refractivity contribution in [1.82, 2.24) is 39.6 Å². The van der Waals surface area contributed by atoms with Gasteiger partial charge in [-0.05, 0) is 64.7 Å². The van der Waals surface area contributed by atoms with Crippen molar-refractivity contribution in [2.45, 2.75) is 27.3 Å². The first kappa shape index (κ1) is 23.4. The van der Waals surface area contributed by atoms with Crippen molar-refractivity contribution in [1.29, 1.82) is 0 Å². The lowest BCUT2D eigenvalue weighted by Gasteiger charge is -2.10. The van der Waals surface area contributed by atoms with Crippen molar-refractivity contribution < 1.29 is 0 Å². The predicted molar refractivity (Wildman–Crippen MR) is 144 cm³/mol.